The van der Waals surface area contributed by atoms with Gasteiger partial charge < -0.3 is 24.3 Å². The van der Waals surface area contributed by atoms with Gasteiger partial charge in [0.05, 0.1) is 49.0 Å². The van der Waals surface area contributed by atoms with E-state index < -0.39 is 87.1 Å². The molecule has 2 saturated heterocycles. The van der Waals surface area contributed by atoms with Crippen molar-refractivity contribution in [3.63, 3.8) is 0 Å². The average molecular weight is 926 g/mol. The summed E-state index contributed by atoms with van der Waals surface area (Å²) in [7, 11) is -10.0. The monoisotopic (exact) mass is 925 g/mol. The summed E-state index contributed by atoms with van der Waals surface area (Å²) in [5, 5.41) is 12.6. The largest absolute Gasteiger partial charge is 0.695 e. The van der Waals surface area contributed by atoms with Gasteiger partial charge in [0.25, 0.3) is 5.91 Å². The molecule has 0 spiro atoms. The number of ether oxygens (including phenoxy) is 2. The van der Waals surface area contributed by atoms with Crippen molar-refractivity contribution in [3.05, 3.63) is 66.4 Å². The number of hydrogen-bond acceptors (Lipinski definition) is 15. The number of aryl methyl sites for hydroxylation is 2. The highest BCUT2D eigenvalue weighted by Crippen LogP contribution is 2.46. The Morgan fingerprint density at radius 3 is 2.25 bits per heavy atom. The van der Waals surface area contributed by atoms with Gasteiger partial charge in [-0.2, -0.15) is 0 Å². The Labute approximate surface area is 367 Å². The molecule has 7 rings (SSSR count). The molecule has 6 heterocycles. The van der Waals surface area contributed by atoms with Crippen LogP contribution in [0.1, 0.15) is 75.4 Å². The third-order valence-electron chi connectivity index (χ3n) is 11.6. The van der Waals surface area contributed by atoms with E-state index in [0.29, 0.717) is 28.2 Å². The van der Waals surface area contributed by atoms with Crippen LogP contribution in [0, 0.1) is 32.1 Å². The summed E-state index contributed by atoms with van der Waals surface area (Å²) in [6.45, 7) is 16.7. The van der Waals surface area contributed by atoms with E-state index >= 15 is 0 Å². The summed E-state index contributed by atoms with van der Waals surface area (Å²) in [5.41, 5.74) is 2.54. The van der Waals surface area contributed by atoms with E-state index in [9.17, 15) is 27.8 Å². The minimum atomic E-state index is -4.15. The number of imidazole rings is 2. The summed E-state index contributed by atoms with van der Waals surface area (Å²) in [4.78, 5) is 49.9. The number of aromatic nitrogens is 8. The van der Waals surface area contributed by atoms with E-state index in [1.807, 2.05) is 33.9 Å². The molecule has 2 fully saturated rings. The zero-order valence-electron chi connectivity index (χ0n) is 36.5. The number of benzene rings is 1. The molecule has 1 amide bonds. The van der Waals surface area contributed by atoms with Gasteiger partial charge in [0.15, 0.2) is 49.5 Å². The van der Waals surface area contributed by atoms with Crippen molar-refractivity contribution in [2.75, 3.05) is 17.7 Å². The lowest BCUT2D eigenvalue weighted by atomic mass is 9.99. The van der Waals surface area contributed by atoms with Gasteiger partial charge in [-0.25, -0.2) is 43.0 Å². The molecule has 0 bridgehead atoms. The van der Waals surface area contributed by atoms with Gasteiger partial charge in [0, 0.05) is 16.0 Å². The van der Waals surface area contributed by atoms with Crippen molar-refractivity contribution >= 4 is 60.6 Å². The lowest BCUT2D eigenvalue weighted by Crippen LogP contribution is -2.49. The van der Waals surface area contributed by atoms with Crippen molar-refractivity contribution in [3.8, 4) is 12.3 Å². The predicted octanol–water partition coefficient (Wildman–Crippen LogP) is 4.70. The third kappa shape index (κ3) is 10.3. The molecule has 20 nitrogen and oxygen atoms in total. The zero-order valence-corrected chi connectivity index (χ0v) is 39.2. The molecule has 1 aromatic carbocycles. The van der Waals surface area contributed by atoms with E-state index in [4.69, 9.17) is 18.4 Å². The quantitative estimate of drug-likeness (QED) is 0.0669. The lowest BCUT2D eigenvalue weighted by molar-refractivity contribution is -0.0323. The van der Waals surface area contributed by atoms with Crippen LogP contribution in [0.5, 0.6) is 0 Å². The first kappa shape index (κ1) is 47.8. The van der Waals surface area contributed by atoms with E-state index in [1.165, 1.54) is 19.0 Å². The number of carbonyl (C=O) groups excluding carboxylic acids is 1. The molecule has 0 radical (unpaired) electrons. The lowest BCUT2D eigenvalue weighted by Gasteiger charge is -2.40. The van der Waals surface area contributed by atoms with E-state index in [-0.39, 0.29) is 35.0 Å². The van der Waals surface area contributed by atoms with Gasteiger partial charge in [-0.3, -0.25) is 13.9 Å². The molecule has 2 aliphatic heterocycles. The standard InChI is InChI=1S/C37H49N10O10PSSi.C3H4/c1-20-25(16-48)55-35(47-18-40-27-21(2)42-22(3)43-33(27)47)26(20)45-59(52,53)15-14-24-29(56-58(50)51)30(57-60(7,8)37(4,5)6)36(54-24)46-19-41-28-31(38-17-39-32(28)46)44-34(49)23-12-10-9-11-13-23;1-3-2/h9-13,17-20,24-26,29-30,35-36,45,48H,14-16H2,1-8H3,(H-,38,39,44,49,50,51);1H,2H3/p+1/t20-,24+,25+,26?,29-,30?,35+,36+;/m0./s1. The van der Waals surface area contributed by atoms with Crippen LogP contribution < -0.4 is 10.0 Å². The summed E-state index contributed by atoms with van der Waals surface area (Å²) in [6.07, 6.45) is 2.62. The van der Waals surface area contributed by atoms with Crippen molar-refractivity contribution < 1.29 is 46.2 Å². The maximum Gasteiger partial charge on any atom is 0.695 e. The fourth-order valence-electron chi connectivity index (χ4n) is 7.35. The second-order valence-electron chi connectivity index (χ2n) is 16.9. The molecule has 63 heavy (non-hydrogen) atoms. The van der Waals surface area contributed by atoms with Crippen LogP contribution >= 0.6 is 8.25 Å². The number of rotatable bonds is 14. The summed E-state index contributed by atoms with van der Waals surface area (Å²) in [5.74, 6) is 1.51. The number of terminal acetylenes is 1. The van der Waals surface area contributed by atoms with Crippen molar-refractivity contribution in [1.29, 1.82) is 0 Å². The Balaban J connectivity index is 0.00000214. The highest BCUT2D eigenvalue weighted by atomic mass is 32.2. The van der Waals surface area contributed by atoms with Gasteiger partial charge >= 0.3 is 8.25 Å². The van der Waals surface area contributed by atoms with Crippen LogP contribution in [-0.4, -0.2) is 114 Å². The molecule has 0 saturated carbocycles. The number of aliphatic hydroxyl groups excluding tert-OH is 1. The van der Waals surface area contributed by atoms with Crippen LogP contribution in [0.25, 0.3) is 22.3 Å². The molecular weight excluding hydrogens is 872 g/mol. The average Bonchev–Trinajstić information content (AvgIpc) is 3.98. The molecule has 9 atom stereocenters. The van der Waals surface area contributed by atoms with Gasteiger partial charge in [0.1, 0.15) is 23.8 Å². The second kappa shape index (κ2) is 19.2. The number of aliphatic hydroxyl groups is 1. The summed E-state index contributed by atoms with van der Waals surface area (Å²) < 4.78 is 72.0. The maximum absolute atomic E-state index is 14.1. The van der Waals surface area contributed by atoms with Crippen LogP contribution in [0.15, 0.2) is 49.3 Å². The first-order valence-electron chi connectivity index (χ1n) is 20.2. The number of fused-ring (bicyclic) bond motifs is 2. The number of carbonyl (C=O) groups is 1. The molecule has 4 N–H and O–H groups in total. The van der Waals surface area contributed by atoms with Gasteiger partial charge in [-0.15, -0.1) is 21.8 Å². The van der Waals surface area contributed by atoms with Gasteiger partial charge in [-0.1, -0.05) is 45.9 Å². The van der Waals surface area contributed by atoms with Crippen molar-refractivity contribution in [1.82, 2.24) is 43.8 Å². The highest BCUT2D eigenvalue weighted by molar-refractivity contribution is 7.89. The Morgan fingerprint density at radius 2 is 1.62 bits per heavy atom. The molecule has 5 aromatic rings. The fourth-order valence-corrected chi connectivity index (χ4v) is 10.5. The molecule has 2 aliphatic rings. The summed E-state index contributed by atoms with van der Waals surface area (Å²) >= 11 is 0. The number of anilines is 1. The van der Waals surface area contributed by atoms with Crippen LogP contribution in [0.2, 0.25) is 18.1 Å². The molecule has 3 unspecified atom stereocenters. The topological polar surface area (TPSA) is 257 Å². The number of nitrogens with zero attached hydrogens (tertiary/aromatic N) is 8. The normalized spacial score (nSPS) is 24.3. The number of hydrogen-bond donors (Lipinski definition) is 4. The molecule has 0 aliphatic carbocycles. The van der Waals surface area contributed by atoms with Crippen LogP contribution in [0.4, 0.5) is 5.82 Å². The Morgan fingerprint density at radius 1 is 0.984 bits per heavy atom. The van der Waals surface area contributed by atoms with Crippen LogP contribution in [0.3, 0.4) is 0 Å². The van der Waals surface area contributed by atoms with E-state index in [1.54, 1.807) is 67.2 Å². The molecule has 338 valence electrons. The fraction of sp³-hybridized carbons (Fsp3) is 0.525. The first-order chi connectivity index (χ1) is 29.7. The van der Waals surface area contributed by atoms with Crippen molar-refractivity contribution in [2.45, 2.75) is 116 Å². The molecular formula is C40H54N10O10PSSi+. The third-order valence-corrected chi connectivity index (χ3v) is 17.9. The van der Waals surface area contributed by atoms with E-state index in [2.05, 4.69) is 52.3 Å². The van der Waals surface area contributed by atoms with E-state index in [0.717, 1.165) is 0 Å². The van der Waals surface area contributed by atoms with Gasteiger partial charge in [0.2, 0.25) is 10.0 Å². The molecule has 23 heteroatoms. The highest BCUT2D eigenvalue weighted by Gasteiger charge is 2.55. The second-order valence-corrected chi connectivity index (χ2v) is 24.2. The minimum absolute atomic E-state index is 0.140. The minimum Gasteiger partial charge on any atom is -0.406 e. The number of nitrogens with one attached hydrogen (secondary N) is 2. The Kier molecular flexibility index (Phi) is 14.6. The first-order valence-corrected chi connectivity index (χ1v) is 25.9. The molecule has 4 aromatic heterocycles. The predicted molar refractivity (Wildman–Crippen MR) is 235 cm³/mol. The summed E-state index contributed by atoms with van der Waals surface area (Å²) in [6, 6.07) is 7.75. The van der Waals surface area contributed by atoms with Crippen LogP contribution in [-0.2, 0) is 33.0 Å². The zero-order chi connectivity index (χ0) is 46.0. The number of sulfonamides is 1. The SMILES string of the molecule is C#CC.Cc1nc(C)c2ncn([C@@H]3O[C@H](CO)[C@H](C)C3NS(=O)(=O)CC[C@H]3O[C@@H](n4cnc5c(NC(=O)c6ccccc6)ncnc54)C(O[Si](C)(C)C(C)(C)C)[C@H]3O[P+](=O)O)c2n1. The maximum atomic E-state index is 14.1. The van der Waals surface area contributed by atoms with Crippen molar-refractivity contribution in [2.24, 2.45) is 5.92 Å². The number of amides is 1. The smallest absolute Gasteiger partial charge is 0.406 e. The van der Waals surface area contributed by atoms with Gasteiger partial charge in [-0.05, 0) is 57.5 Å². The Bertz CT molecular complexity index is 2600. The Hall–Kier alpha value is -4.66.